The number of benzene rings is 3. The van der Waals surface area contributed by atoms with E-state index in [1.54, 1.807) is 49.4 Å². The molecule has 3 rings (SSSR count). The summed E-state index contributed by atoms with van der Waals surface area (Å²) in [5.74, 6) is -0.463. The lowest BCUT2D eigenvalue weighted by Gasteiger charge is -2.33. The SMILES string of the molecule is CC[C@H](C)NC(=O)[C@@H](C)N(Cc1c(Cl)cccc1Cl)C(=O)CN(c1ccc(C)cc1)S(=O)(=O)c1ccc(OC)c(OC)c1. The van der Waals surface area contributed by atoms with E-state index >= 15 is 0 Å². The number of ether oxygens (including phenoxy) is 2. The molecule has 0 aromatic heterocycles. The van der Waals surface area contributed by atoms with Crippen molar-refractivity contribution < 1.29 is 27.5 Å². The molecule has 0 aliphatic carbocycles. The Morgan fingerprint density at radius 1 is 0.930 bits per heavy atom. The Hall–Kier alpha value is -3.47. The van der Waals surface area contributed by atoms with Crippen LogP contribution in [0.3, 0.4) is 0 Å². The molecule has 2 atom stereocenters. The van der Waals surface area contributed by atoms with Gasteiger partial charge in [0.1, 0.15) is 12.6 Å². The third kappa shape index (κ3) is 8.13. The molecule has 9 nitrogen and oxygen atoms in total. The summed E-state index contributed by atoms with van der Waals surface area (Å²) < 4.78 is 39.9. The molecular weight excluding hydrogens is 613 g/mol. The van der Waals surface area contributed by atoms with Crippen molar-refractivity contribution in [2.45, 2.75) is 57.6 Å². The third-order valence-electron chi connectivity index (χ3n) is 7.10. The zero-order valence-corrected chi connectivity index (χ0v) is 27.4. The number of hydrogen-bond acceptors (Lipinski definition) is 6. The number of aryl methyl sites for hydroxylation is 1. The van der Waals surface area contributed by atoms with Crippen LogP contribution in [0.2, 0.25) is 10.0 Å². The molecule has 0 spiro atoms. The summed E-state index contributed by atoms with van der Waals surface area (Å²) in [4.78, 5) is 28.5. The summed E-state index contributed by atoms with van der Waals surface area (Å²) in [5.41, 5.74) is 1.61. The monoisotopic (exact) mass is 649 g/mol. The van der Waals surface area contributed by atoms with Crippen molar-refractivity contribution in [3.63, 3.8) is 0 Å². The maximum Gasteiger partial charge on any atom is 0.264 e. The summed E-state index contributed by atoms with van der Waals surface area (Å²) in [6.07, 6.45) is 0.688. The van der Waals surface area contributed by atoms with Gasteiger partial charge < -0.3 is 19.7 Å². The zero-order chi connectivity index (χ0) is 31.9. The normalized spacial score (nSPS) is 12.7. The molecule has 3 aromatic rings. The van der Waals surface area contributed by atoms with Gasteiger partial charge in [0, 0.05) is 34.3 Å². The van der Waals surface area contributed by atoms with Crippen LogP contribution in [0.25, 0.3) is 0 Å². The molecule has 0 aliphatic heterocycles. The number of nitrogens with one attached hydrogen (secondary N) is 1. The van der Waals surface area contributed by atoms with E-state index in [4.69, 9.17) is 32.7 Å². The second-order valence-electron chi connectivity index (χ2n) is 10.1. The Kier molecular flexibility index (Phi) is 11.7. The first-order valence-electron chi connectivity index (χ1n) is 13.7. The topological polar surface area (TPSA) is 105 Å². The average Bonchev–Trinajstić information content (AvgIpc) is 2.99. The molecule has 0 unspecified atom stereocenters. The van der Waals surface area contributed by atoms with Gasteiger partial charge in [-0.3, -0.25) is 13.9 Å². The molecule has 0 aliphatic rings. The second-order valence-corrected chi connectivity index (χ2v) is 12.8. The van der Waals surface area contributed by atoms with Crippen molar-refractivity contribution in [3.05, 3.63) is 81.8 Å². The maximum atomic E-state index is 14.1. The Labute approximate surface area is 263 Å². The van der Waals surface area contributed by atoms with Crippen LogP contribution in [0.15, 0.2) is 65.6 Å². The third-order valence-corrected chi connectivity index (χ3v) is 9.58. The van der Waals surface area contributed by atoms with Gasteiger partial charge >= 0.3 is 0 Å². The smallest absolute Gasteiger partial charge is 0.264 e. The van der Waals surface area contributed by atoms with Crippen LogP contribution < -0.4 is 19.1 Å². The van der Waals surface area contributed by atoms with Crippen LogP contribution in [0.4, 0.5) is 5.69 Å². The van der Waals surface area contributed by atoms with E-state index in [0.29, 0.717) is 27.8 Å². The van der Waals surface area contributed by atoms with Crippen molar-refractivity contribution in [1.82, 2.24) is 10.2 Å². The lowest BCUT2D eigenvalue weighted by atomic mass is 10.1. The van der Waals surface area contributed by atoms with E-state index in [1.807, 2.05) is 20.8 Å². The van der Waals surface area contributed by atoms with Crippen LogP contribution in [0.5, 0.6) is 11.5 Å². The standard InChI is InChI=1S/C31H37Cl2N3O6S/c1-7-21(3)34-31(38)22(4)35(18-25-26(32)9-8-10-27(25)33)30(37)19-36(23-13-11-20(2)12-14-23)43(39,40)24-15-16-28(41-5)29(17-24)42-6/h8-17,21-22H,7,18-19H2,1-6H3,(H,34,38)/t21-,22+/m0/s1. The molecule has 1 N–H and O–H groups in total. The van der Waals surface area contributed by atoms with Crippen molar-refractivity contribution in [3.8, 4) is 11.5 Å². The first kappa shape index (κ1) is 34.0. The lowest BCUT2D eigenvalue weighted by molar-refractivity contribution is -0.139. The number of nitrogens with zero attached hydrogens (tertiary/aromatic N) is 2. The fraction of sp³-hybridized carbons (Fsp3) is 0.355. The summed E-state index contributed by atoms with van der Waals surface area (Å²) in [6, 6.07) is 14.8. The minimum absolute atomic E-state index is 0.109. The van der Waals surface area contributed by atoms with Crippen LogP contribution in [-0.4, -0.2) is 58.0 Å². The highest BCUT2D eigenvalue weighted by Gasteiger charge is 2.34. The van der Waals surface area contributed by atoms with Gasteiger partial charge in [-0.1, -0.05) is 53.9 Å². The Morgan fingerprint density at radius 3 is 2.09 bits per heavy atom. The second kappa shape index (κ2) is 14.8. The van der Waals surface area contributed by atoms with Crippen LogP contribution in [-0.2, 0) is 26.2 Å². The molecule has 0 radical (unpaired) electrons. The minimum atomic E-state index is -4.31. The molecule has 12 heteroatoms. The van der Waals surface area contributed by atoms with Gasteiger partial charge in [-0.05, 0) is 63.6 Å². The average molecular weight is 651 g/mol. The van der Waals surface area contributed by atoms with Gasteiger partial charge in [-0.15, -0.1) is 0 Å². The lowest BCUT2D eigenvalue weighted by Crippen LogP contribution is -2.52. The van der Waals surface area contributed by atoms with E-state index < -0.39 is 34.4 Å². The van der Waals surface area contributed by atoms with Gasteiger partial charge in [0.15, 0.2) is 11.5 Å². The number of rotatable bonds is 13. The largest absolute Gasteiger partial charge is 0.493 e. The molecule has 0 saturated heterocycles. The minimum Gasteiger partial charge on any atom is -0.493 e. The fourth-order valence-electron chi connectivity index (χ4n) is 4.25. The Morgan fingerprint density at radius 2 is 1.53 bits per heavy atom. The van der Waals surface area contributed by atoms with Crippen molar-refractivity contribution in [1.29, 1.82) is 0 Å². The van der Waals surface area contributed by atoms with Gasteiger partial charge in [-0.2, -0.15) is 0 Å². The van der Waals surface area contributed by atoms with Crippen LogP contribution in [0, 0.1) is 6.92 Å². The number of amides is 2. The molecule has 0 fully saturated rings. The molecule has 0 heterocycles. The number of hydrogen-bond donors (Lipinski definition) is 1. The first-order chi connectivity index (χ1) is 20.3. The van der Waals surface area contributed by atoms with Gasteiger partial charge in [0.05, 0.1) is 24.8 Å². The summed E-state index contributed by atoms with van der Waals surface area (Å²) >= 11 is 12.9. The molecule has 0 bridgehead atoms. The molecule has 3 aromatic carbocycles. The summed E-state index contributed by atoms with van der Waals surface area (Å²) in [5, 5.41) is 3.52. The Balaban J connectivity index is 2.10. The number of methoxy groups -OCH3 is 2. The quantitative estimate of drug-likeness (QED) is 0.249. The van der Waals surface area contributed by atoms with Crippen LogP contribution in [0.1, 0.15) is 38.3 Å². The van der Waals surface area contributed by atoms with Crippen molar-refractivity contribution in [2.24, 2.45) is 0 Å². The highest BCUT2D eigenvalue weighted by Crippen LogP contribution is 2.33. The van der Waals surface area contributed by atoms with Crippen molar-refractivity contribution in [2.75, 3.05) is 25.1 Å². The first-order valence-corrected chi connectivity index (χ1v) is 15.9. The van der Waals surface area contributed by atoms with Gasteiger partial charge in [0.25, 0.3) is 10.0 Å². The molecule has 232 valence electrons. The van der Waals surface area contributed by atoms with E-state index in [0.717, 1.165) is 9.87 Å². The number of carbonyl (C=O) groups excluding carboxylic acids is 2. The number of anilines is 1. The van der Waals surface area contributed by atoms with E-state index in [9.17, 15) is 18.0 Å². The predicted octanol–water partition coefficient (Wildman–Crippen LogP) is 5.85. The Bertz CT molecular complexity index is 1530. The predicted molar refractivity (Wildman–Crippen MR) is 170 cm³/mol. The fourth-order valence-corrected chi connectivity index (χ4v) is 6.19. The van der Waals surface area contributed by atoms with E-state index in [1.165, 1.54) is 37.3 Å². The molecule has 0 saturated carbocycles. The molecule has 2 amide bonds. The van der Waals surface area contributed by atoms with Gasteiger partial charge in [0.2, 0.25) is 11.8 Å². The number of carbonyl (C=O) groups is 2. The highest BCUT2D eigenvalue weighted by atomic mass is 35.5. The summed E-state index contributed by atoms with van der Waals surface area (Å²) in [6.45, 7) is 6.51. The van der Waals surface area contributed by atoms with E-state index in [-0.39, 0.29) is 28.9 Å². The van der Waals surface area contributed by atoms with E-state index in [2.05, 4.69) is 5.32 Å². The number of halogens is 2. The summed E-state index contributed by atoms with van der Waals surface area (Å²) in [7, 11) is -1.47. The van der Waals surface area contributed by atoms with Gasteiger partial charge in [-0.25, -0.2) is 8.42 Å². The maximum absolute atomic E-state index is 14.1. The molecular formula is C31H37Cl2N3O6S. The highest BCUT2D eigenvalue weighted by molar-refractivity contribution is 7.92. The zero-order valence-electron chi connectivity index (χ0n) is 25.1. The number of sulfonamides is 1. The molecule has 43 heavy (non-hydrogen) atoms. The van der Waals surface area contributed by atoms with Crippen LogP contribution >= 0.6 is 23.2 Å². The van der Waals surface area contributed by atoms with Crippen molar-refractivity contribution >= 4 is 50.7 Å².